The summed E-state index contributed by atoms with van der Waals surface area (Å²) in [5.74, 6) is -0.126. The maximum Gasteiger partial charge on any atom is 0.330 e. The summed E-state index contributed by atoms with van der Waals surface area (Å²) in [5.41, 5.74) is -0.169. The number of unbranched alkanes of at least 4 members (excludes halogenated alkanes) is 3. The predicted octanol–water partition coefficient (Wildman–Crippen LogP) is 5.01. The number of rotatable bonds is 12. The Morgan fingerprint density at radius 2 is 2.04 bits per heavy atom. The molecule has 0 aromatic heterocycles. The molecular formula is C23H39ClO4. The van der Waals surface area contributed by atoms with Gasteiger partial charge in [0, 0.05) is 17.4 Å². The minimum Gasteiger partial charge on any atom is -0.466 e. The van der Waals surface area contributed by atoms with E-state index in [0.717, 1.165) is 44.9 Å². The van der Waals surface area contributed by atoms with Crippen LogP contribution in [0, 0.1) is 17.3 Å². The highest BCUT2D eigenvalue weighted by molar-refractivity contribution is 6.21. The standard InChI is InChI=1S/C23H39ClO4/c1-5-6-15-23(2,3)21(26)14-13-18-17(19(24)16-20(18)25)11-9-7-8-10-12-22(27)28-4/h10,12-14,17-21,25-26H,5-9,11,15-16H2,1-4H3/t17-,18-,19-,20-,21-/m1/s1. The molecule has 0 radical (unpaired) electrons. The average molecular weight is 415 g/mol. The second-order valence-corrected chi connectivity index (χ2v) is 9.25. The topological polar surface area (TPSA) is 66.8 Å². The van der Waals surface area contributed by atoms with Gasteiger partial charge in [-0.1, -0.05) is 58.3 Å². The van der Waals surface area contributed by atoms with Gasteiger partial charge in [-0.25, -0.2) is 4.79 Å². The molecule has 0 spiro atoms. The summed E-state index contributed by atoms with van der Waals surface area (Å²) in [6.45, 7) is 6.34. The summed E-state index contributed by atoms with van der Waals surface area (Å²) in [5, 5.41) is 21.0. The van der Waals surface area contributed by atoms with Crippen LogP contribution in [0.1, 0.15) is 72.1 Å². The second kappa shape index (κ2) is 12.7. The van der Waals surface area contributed by atoms with Gasteiger partial charge in [-0.15, -0.1) is 11.6 Å². The van der Waals surface area contributed by atoms with Gasteiger partial charge in [0.15, 0.2) is 0 Å². The van der Waals surface area contributed by atoms with E-state index in [9.17, 15) is 15.0 Å². The van der Waals surface area contributed by atoms with Crippen LogP contribution >= 0.6 is 11.6 Å². The van der Waals surface area contributed by atoms with E-state index in [1.54, 1.807) is 0 Å². The van der Waals surface area contributed by atoms with Gasteiger partial charge in [0.1, 0.15) is 0 Å². The normalized spacial score (nSPS) is 27.0. The molecule has 28 heavy (non-hydrogen) atoms. The first-order chi connectivity index (χ1) is 13.2. The fourth-order valence-corrected chi connectivity index (χ4v) is 4.37. The maximum atomic E-state index is 11.0. The number of aliphatic hydroxyl groups excluding tert-OH is 2. The van der Waals surface area contributed by atoms with E-state index in [-0.39, 0.29) is 28.6 Å². The monoisotopic (exact) mass is 414 g/mol. The molecule has 0 unspecified atom stereocenters. The zero-order valence-corrected chi connectivity index (χ0v) is 18.7. The van der Waals surface area contributed by atoms with E-state index in [2.05, 4.69) is 25.5 Å². The SMILES string of the molecule is CCCCC(C)(C)[C@H](O)C=C[C@@H]1[C@@H](CCCCC=CC(=O)OC)[C@H](Cl)C[C@H]1O. The third kappa shape index (κ3) is 8.26. The van der Waals surface area contributed by atoms with Crippen LogP contribution in [0.4, 0.5) is 0 Å². The van der Waals surface area contributed by atoms with Gasteiger partial charge in [0.2, 0.25) is 0 Å². The molecule has 5 heteroatoms. The number of ether oxygens (including phenoxy) is 1. The van der Waals surface area contributed by atoms with Crippen LogP contribution in [-0.2, 0) is 9.53 Å². The molecule has 0 heterocycles. The molecule has 5 atom stereocenters. The van der Waals surface area contributed by atoms with Gasteiger partial charge >= 0.3 is 5.97 Å². The smallest absolute Gasteiger partial charge is 0.330 e. The summed E-state index contributed by atoms with van der Waals surface area (Å²) in [7, 11) is 1.37. The number of carbonyl (C=O) groups excluding carboxylic acids is 1. The van der Waals surface area contributed by atoms with Gasteiger partial charge < -0.3 is 14.9 Å². The average Bonchev–Trinajstić information content (AvgIpc) is 2.93. The fraction of sp³-hybridized carbons (Fsp3) is 0.783. The highest BCUT2D eigenvalue weighted by atomic mass is 35.5. The second-order valence-electron chi connectivity index (χ2n) is 8.69. The molecule has 1 saturated carbocycles. The number of alkyl halides is 1. The van der Waals surface area contributed by atoms with Gasteiger partial charge in [0.05, 0.1) is 19.3 Å². The number of esters is 1. The fourth-order valence-electron chi connectivity index (χ4n) is 3.90. The third-order valence-corrected chi connectivity index (χ3v) is 6.48. The Morgan fingerprint density at radius 1 is 1.32 bits per heavy atom. The number of carbonyl (C=O) groups is 1. The lowest BCUT2D eigenvalue weighted by molar-refractivity contribution is -0.134. The predicted molar refractivity (Wildman–Crippen MR) is 115 cm³/mol. The van der Waals surface area contributed by atoms with Crippen LogP contribution in [0.15, 0.2) is 24.3 Å². The molecule has 0 amide bonds. The van der Waals surface area contributed by atoms with E-state index in [1.165, 1.54) is 13.2 Å². The number of hydrogen-bond donors (Lipinski definition) is 2. The molecule has 1 fully saturated rings. The summed E-state index contributed by atoms with van der Waals surface area (Å²) in [6, 6.07) is 0. The lowest BCUT2D eigenvalue weighted by Crippen LogP contribution is -2.28. The van der Waals surface area contributed by atoms with Crippen molar-refractivity contribution in [1.82, 2.24) is 0 Å². The highest BCUT2D eigenvalue weighted by Crippen LogP contribution is 2.40. The first-order valence-electron chi connectivity index (χ1n) is 10.7. The van der Waals surface area contributed by atoms with Crippen molar-refractivity contribution in [1.29, 1.82) is 0 Å². The van der Waals surface area contributed by atoms with Gasteiger partial charge in [-0.05, 0) is 43.4 Å². The van der Waals surface area contributed by atoms with Gasteiger partial charge in [-0.3, -0.25) is 0 Å². The quantitative estimate of drug-likeness (QED) is 0.155. The van der Waals surface area contributed by atoms with E-state index >= 15 is 0 Å². The molecule has 0 aliphatic heterocycles. The van der Waals surface area contributed by atoms with Gasteiger partial charge in [0.25, 0.3) is 0 Å². The molecule has 0 bridgehead atoms. The molecule has 1 aliphatic carbocycles. The van der Waals surface area contributed by atoms with Crippen LogP contribution < -0.4 is 0 Å². The van der Waals surface area contributed by atoms with Crippen molar-refractivity contribution < 1.29 is 19.7 Å². The maximum absolute atomic E-state index is 11.0. The molecule has 0 saturated heterocycles. The molecule has 4 nitrogen and oxygen atoms in total. The molecule has 1 rings (SSSR count). The zero-order chi connectivity index (χ0) is 21.2. The first-order valence-corrected chi connectivity index (χ1v) is 11.1. The van der Waals surface area contributed by atoms with Crippen LogP contribution in [-0.4, -0.2) is 40.9 Å². The minimum atomic E-state index is -0.523. The van der Waals surface area contributed by atoms with Gasteiger partial charge in [-0.2, -0.15) is 0 Å². The summed E-state index contributed by atoms with van der Waals surface area (Å²) >= 11 is 6.51. The molecule has 162 valence electrons. The summed E-state index contributed by atoms with van der Waals surface area (Å²) in [6.07, 6.45) is 13.7. The molecule has 0 aromatic rings. The minimum absolute atomic E-state index is 0.00950. The summed E-state index contributed by atoms with van der Waals surface area (Å²) in [4.78, 5) is 11.0. The lowest BCUT2D eigenvalue weighted by atomic mass is 9.80. The van der Waals surface area contributed by atoms with E-state index in [4.69, 9.17) is 11.6 Å². The third-order valence-electron chi connectivity index (χ3n) is 5.97. The molecule has 1 aliphatic rings. The van der Waals surface area contributed by atoms with Crippen molar-refractivity contribution in [2.45, 2.75) is 89.7 Å². The molecule has 0 aromatic carbocycles. The Morgan fingerprint density at radius 3 is 2.68 bits per heavy atom. The van der Waals surface area contributed by atoms with Crippen molar-refractivity contribution in [3.63, 3.8) is 0 Å². The number of allylic oxidation sites excluding steroid dienone is 1. The van der Waals surface area contributed by atoms with Crippen molar-refractivity contribution >= 4 is 17.6 Å². The van der Waals surface area contributed by atoms with E-state index < -0.39 is 12.2 Å². The summed E-state index contributed by atoms with van der Waals surface area (Å²) < 4.78 is 4.57. The Kier molecular flexibility index (Phi) is 11.4. The van der Waals surface area contributed by atoms with Crippen molar-refractivity contribution in [2.75, 3.05) is 7.11 Å². The number of hydrogen-bond acceptors (Lipinski definition) is 4. The van der Waals surface area contributed by atoms with Crippen molar-refractivity contribution in [3.05, 3.63) is 24.3 Å². The zero-order valence-electron chi connectivity index (χ0n) is 17.9. The Labute approximate surface area is 176 Å². The van der Waals surface area contributed by atoms with Crippen molar-refractivity contribution in [2.24, 2.45) is 17.3 Å². The Hall–Kier alpha value is -0.840. The number of aliphatic hydroxyl groups is 2. The van der Waals surface area contributed by atoms with Crippen molar-refractivity contribution in [3.8, 4) is 0 Å². The van der Waals surface area contributed by atoms with Crippen LogP contribution in [0.3, 0.4) is 0 Å². The Balaban J connectivity index is 2.56. The Bertz CT molecular complexity index is 515. The number of halogens is 1. The van der Waals surface area contributed by atoms with Crippen LogP contribution in [0.2, 0.25) is 0 Å². The van der Waals surface area contributed by atoms with E-state index in [1.807, 2.05) is 18.2 Å². The van der Waals surface area contributed by atoms with Crippen LogP contribution in [0.5, 0.6) is 0 Å². The van der Waals surface area contributed by atoms with E-state index in [0.29, 0.717) is 6.42 Å². The highest BCUT2D eigenvalue weighted by Gasteiger charge is 2.39. The van der Waals surface area contributed by atoms with Crippen LogP contribution in [0.25, 0.3) is 0 Å². The largest absolute Gasteiger partial charge is 0.466 e. The lowest BCUT2D eigenvalue weighted by Gasteiger charge is -2.29. The number of methoxy groups -OCH3 is 1. The molecule has 2 N–H and O–H groups in total. The molecular weight excluding hydrogens is 376 g/mol. The first kappa shape index (κ1) is 25.2.